The third kappa shape index (κ3) is 4.18. The smallest absolute Gasteiger partial charge is 0.123 e. The van der Waals surface area contributed by atoms with Crippen molar-refractivity contribution in [1.82, 2.24) is 0 Å². The minimum Gasteiger partial charge on any atom is -0.493 e. The van der Waals surface area contributed by atoms with Gasteiger partial charge in [-0.1, -0.05) is 38.3 Å². The maximum Gasteiger partial charge on any atom is 0.123 e. The topological polar surface area (TPSA) is 9.23 Å². The first-order valence-electron chi connectivity index (χ1n) is 6.86. The van der Waals surface area contributed by atoms with Crippen LogP contribution in [0.3, 0.4) is 0 Å². The van der Waals surface area contributed by atoms with Crippen LogP contribution in [0.1, 0.15) is 51.2 Å². The van der Waals surface area contributed by atoms with Gasteiger partial charge in [-0.3, -0.25) is 0 Å². The van der Waals surface area contributed by atoms with Crippen molar-refractivity contribution in [3.05, 3.63) is 28.3 Å². The lowest BCUT2D eigenvalue weighted by molar-refractivity contribution is 0.311. The Labute approximate surface area is 122 Å². The van der Waals surface area contributed by atoms with E-state index in [1.165, 1.54) is 0 Å². The minimum absolute atomic E-state index is 0.285. The number of hydrogen-bond donors (Lipinski definition) is 0. The molecule has 0 fully saturated rings. The van der Waals surface area contributed by atoms with Crippen LogP contribution in [-0.2, 0) is 0 Å². The summed E-state index contributed by atoms with van der Waals surface area (Å²) in [5, 5.41) is 0.794. The molecule has 0 spiro atoms. The van der Waals surface area contributed by atoms with Crippen molar-refractivity contribution in [2.24, 2.45) is 5.92 Å². The first-order chi connectivity index (χ1) is 9.01. The zero-order chi connectivity index (χ0) is 14.4. The van der Waals surface area contributed by atoms with Gasteiger partial charge in [0.25, 0.3) is 0 Å². The van der Waals surface area contributed by atoms with Crippen LogP contribution in [0.5, 0.6) is 5.75 Å². The summed E-state index contributed by atoms with van der Waals surface area (Å²) >= 11 is 6.25. The van der Waals surface area contributed by atoms with Crippen molar-refractivity contribution in [1.29, 1.82) is 0 Å². The Balaban J connectivity index is 3.14. The number of rotatable bonds is 5. The minimum atomic E-state index is 0.285. The SMILES string of the molecule is CC#CC(C)C(C)c1cc(Cl)c(C)cc1OCCC. The highest BCUT2D eigenvalue weighted by Gasteiger charge is 2.18. The number of ether oxygens (including phenoxy) is 1. The third-order valence-electron chi connectivity index (χ3n) is 3.37. The maximum absolute atomic E-state index is 6.25. The summed E-state index contributed by atoms with van der Waals surface area (Å²) in [6, 6.07) is 4.07. The van der Waals surface area contributed by atoms with Crippen LogP contribution in [0.15, 0.2) is 12.1 Å². The molecule has 0 bridgehead atoms. The van der Waals surface area contributed by atoms with E-state index < -0.39 is 0 Å². The second-order valence-electron chi connectivity index (χ2n) is 4.96. The zero-order valence-electron chi connectivity index (χ0n) is 12.5. The van der Waals surface area contributed by atoms with Gasteiger partial charge in [-0.05, 0) is 49.4 Å². The van der Waals surface area contributed by atoms with Gasteiger partial charge in [0.1, 0.15) is 5.75 Å². The number of hydrogen-bond acceptors (Lipinski definition) is 1. The lowest BCUT2D eigenvalue weighted by Crippen LogP contribution is -2.08. The van der Waals surface area contributed by atoms with Gasteiger partial charge in [-0.2, -0.15) is 0 Å². The van der Waals surface area contributed by atoms with Crippen LogP contribution in [0.2, 0.25) is 5.02 Å². The molecule has 1 nitrogen and oxygen atoms in total. The molecule has 0 amide bonds. The molecule has 0 aromatic heterocycles. The van der Waals surface area contributed by atoms with Crippen LogP contribution in [0.25, 0.3) is 0 Å². The Morgan fingerprint density at radius 2 is 2.00 bits per heavy atom. The van der Waals surface area contributed by atoms with E-state index in [1.54, 1.807) is 0 Å². The molecule has 0 saturated heterocycles. The summed E-state index contributed by atoms with van der Waals surface area (Å²) in [6.45, 7) is 11.0. The molecular formula is C17H23ClO. The molecule has 2 heteroatoms. The van der Waals surface area contributed by atoms with Crippen LogP contribution in [-0.4, -0.2) is 6.61 Å². The van der Waals surface area contributed by atoms with E-state index in [2.05, 4.69) is 32.6 Å². The Kier molecular flexibility index (Phi) is 6.25. The highest BCUT2D eigenvalue weighted by Crippen LogP contribution is 2.35. The van der Waals surface area contributed by atoms with Gasteiger partial charge in [0.05, 0.1) is 6.61 Å². The van der Waals surface area contributed by atoms with Crippen LogP contribution in [0.4, 0.5) is 0 Å². The second kappa shape index (κ2) is 7.46. The Hall–Kier alpha value is -1.13. The Morgan fingerprint density at radius 3 is 2.58 bits per heavy atom. The molecule has 1 aromatic rings. The van der Waals surface area contributed by atoms with E-state index in [0.29, 0.717) is 5.92 Å². The molecule has 0 heterocycles. The second-order valence-corrected chi connectivity index (χ2v) is 5.37. The summed E-state index contributed by atoms with van der Waals surface area (Å²) in [7, 11) is 0. The number of benzene rings is 1. The highest BCUT2D eigenvalue weighted by molar-refractivity contribution is 6.31. The highest BCUT2D eigenvalue weighted by atomic mass is 35.5. The van der Waals surface area contributed by atoms with Gasteiger partial charge in [0.2, 0.25) is 0 Å². The molecule has 0 saturated carbocycles. The number of halogens is 1. The first-order valence-corrected chi connectivity index (χ1v) is 7.24. The first kappa shape index (κ1) is 15.9. The van der Waals surface area contributed by atoms with Gasteiger partial charge in [0, 0.05) is 10.9 Å². The monoisotopic (exact) mass is 278 g/mol. The van der Waals surface area contributed by atoms with E-state index >= 15 is 0 Å². The largest absolute Gasteiger partial charge is 0.493 e. The van der Waals surface area contributed by atoms with Gasteiger partial charge in [-0.25, -0.2) is 0 Å². The van der Waals surface area contributed by atoms with Crippen LogP contribution >= 0.6 is 11.6 Å². The van der Waals surface area contributed by atoms with E-state index in [-0.39, 0.29) is 5.92 Å². The number of aryl methyl sites for hydroxylation is 1. The summed E-state index contributed by atoms with van der Waals surface area (Å²) in [6.07, 6.45) is 1.000. The molecule has 0 aliphatic carbocycles. The molecule has 19 heavy (non-hydrogen) atoms. The average molecular weight is 279 g/mol. The standard InChI is InChI=1S/C17H23ClO/c1-6-8-12(3)14(5)15-11-16(18)13(4)10-17(15)19-9-7-2/h10-12,14H,7,9H2,1-5H3. The fraction of sp³-hybridized carbons (Fsp3) is 0.529. The van der Waals surface area contributed by atoms with Crippen molar-refractivity contribution in [2.75, 3.05) is 6.61 Å². The lowest BCUT2D eigenvalue weighted by atomic mass is 9.88. The maximum atomic E-state index is 6.25. The van der Waals surface area contributed by atoms with Crippen LogP contribution < -0.4 is 4.74 Å². The Morgan fingerprint density at radius 1 is 1.32 bits per heavy atom. The Bertz CT molecular complexity index is 482. The fourth-order valence-electron chi connectivity index (χ4n) is 1.99. The van der Waals surface area contributed by atoms with E-state index in [1.807, 2.05) is 26.0 Å². The predicted molar refractivity (Wildman–Crippen MR) is 83.0 cm³/mol. The normalized spacial score (nSPS) is 13.4. The fourth-order valence-corrected chi connectivity index (χ4v) is 2.16. The third-order valence-corrected chi connectivity index (χ3v) is 3.77. The molecule has 0 aliphatic rings. The molecule has 2 atom stereocenters. The molecule has 0 aliphatic heterocycles. The van der Waals surface area contributed by atoms with Crippen molar-refractivity contribution in [3.63, 3.8) is 0 Å². The van der Waals surface area contributed by atoms with Gasteiger partial charge >= 0.3 is 0 Å². The zero-order valence-corrected chi connectivity index (χ0v) is 13.3. The molecular weight excluding hydrogens is 256 g/mol. The molecule has 1 aromatic carbocycles. The van der Waals surface area contributed by atoms with Gasteiger partial charge in [0.15, 0.2) is 0 Å². The molecule has 0 radical (unpaired) electrons. The average Bonchev–Trinajstić information content (AvgIpc) is 2.39. The predicted octanol–water partition coefficient (Wildman–Crippen LogP) is 5.20. The summed E-state index contributed by atoms with van der Waals surface area (Å²) in [5.41, 5.74) is 2.21. The molecule has 104 valence electrons. The van der Waals surface area contributed by atoms with Crippen molar-refractivity contribution in [3.8, 4) is 17.6 Å². The van der Waals surface area contributed by atoms with E-state index in [4.69, 9.17) is 16.3 Å². The quantitative estimate of drug-likeness (QED) is 0.673. The van der Waals surface area contributed by atoms with Gasteiger partial charge < -0.3 is 4.74 Å². The van der Waals surface area contributed by atoms with Crippen molar-refractivity contribution < 1.29 is 4.74 Å². The summed E-state index contributed by atoms with van der Waals surface area (Å²) in [5.74, 6) is 7.73. The molecule has 2 unspecified atom stereocenters. The van der Waals surface area contributed by atoms with Crippen molar-refractivity contribution >= 4 is 11.6 Å². The summed E-state index contributed by atoms with van der Waals surface area (Å²) in [4.78, 5) is 0. The van der Waals surface area contributed by atoms with E-state index in [9.17, 15) is 0 Å². The lowest BCUT2D eigenvalue weighted by Gasteiger charge is -2.20. The van der Waals surface area contributed by atoms with E-state index in [0.717, 1.165) is 34.9 Å². The molecule has 1 rings (SSSR count). The summed E-state index contributed by atoms with van der Waals surface area (Å²) < 4.78 is 5.86. The van der Waals surface area contributed by atoms with Gasteiger partial charge in [-0.15, -0.1) is 5.92 Å². The molecule has 0 N–H and O–H groups in total. The van der Waals surface area contributed by atoms with Crippen LogP contribution in [0, 0.1) is 24.7 Å². The van der Waals surface area contributed by atoms with Crippen molar-refractivity contribution in [2.45, 2.75) is 47.0 Å².